The highest BCUT2D eigenvalue weighted by Crippen LogP contribution is 2.00. The van der Waals surface area contributed by atoms with Crippen LogP contribution in [0.15, 0.2) is 12.7 Å². The number of methoxy groups -OCH3 is 1. The van der Waals surface area contributed by atoms with Crippen LogP contribution >= 0.6 is 0 Å². The zero-order valence-electron chi connectivity index (χ0n) is 8.25. The van der Waals surface area contributed by atoms with Crippen molar-refractivity contribution in [3.05, 3.63) is 12.7 Å². The molecule has 0 bridgehead atoms. The largest absolute Gasteiger partial charge is 0.396 e. The molecule has 0 aromatic rings. The molecule has 0 aliphatic heterocycles. The van der Waals surface area contributed by atoms with Gasteiger partial charge >= 0.3 is 0 Å². The monoisotopic (exact) mass is 182 g/mol. The maximum atomic E-state index is 8.52. The fourth-order valence-corrected chi connectivity index (χ4v) is 0.872. The second kappa shape index (κ2) is 9.31. The van der Waals surface area contributed by atoms with Crippen molar-refractivity contribution in [2.45, 2.75) is 31.8 Å². The van der Waals surface area contributed by atoms with Gasteiger partial charge in [0.25, 0.3) is 0 Å². The quantitative estimate of drug-likeness (QED) is 0.385. The number of aliphatic hydroxyl groups is 1. The minimum atomic E-state index is 0.0108. The Hall–Kier alpha value is -0.780. The summed E-state index contributed by atoms with van der Waals surface area (Å²) in [6.07, 6.45) is 5.17. The van der Waals surface area contributed by atoms with Crippen molar-refractivity contribution in [3.63, 3.8) is 0 Å². The van der Waals surface area contributed by atoms with Crippen molar-refractivity contribution in [2.24, 2.45) is 0 Å². The maximum Gasteiger partial charge on any atom is 0.118 e. The van der Waals surface area contributed by atoms with Crippen molar-refractivity contribution in [1.29, 1.82) is 0 Å². The van der Waals surface area contributed by atoms with Gasteiger partial charge in [0.15, 0.2) is 0 Å². The molecule has 0 rings (SSSR count). The van der Waals surface area contributed by atoms with E-state index in [0.717, 1.165) is 25.7 Å². The first-order valence-electron chi connectivity index (χ1n) is 4.58. The number of hydrogen-bond donors (Lipinski definition) is 1. The molecule has 0 fully saturated rings. The lowest BCUT2D eigenvalue weighted by molar-refractivity contribution is 0.142. The molecule has 1 atom stereocenters. The summed E-state index contributed by atoms with van der Waals surface area (Å²) in [5.74, 6) is 5.98. The fraction of sp³-hybridized carbons (Fsp3) is 0.636. The fourth-order valence-electron chi connectivity index (χ4n) is 0.872. The third kappa shape index (κ3) is 7.58. The molecule has 0 aliphatic carbocycles. The van der Waals surface area contributed by atoms with E-state index in [1.165, 1.54) is 0 Å². The molecule has 13 heavy (non-hydrogen) atoms. The summed E-state index contributed by atoms with van der Waals surface area (Å²) >= 11 is 0. The Labute approximate surface area is 80.6 Å². The van der Waals surface area contributed by atoms with E-state index in [9.17, 15) is 0 Å². The van der Waals surface area contributed by atoms with Crippen LogP contribution in [-0.4, -0.2) is 24.9 Å². The molecule has 0 radical (unpaired) electrons. The van der Waals surface area contributed by atoms with Crippen molar-refractivity contribution in [2.75, 3.05) is 13.7 Å². The molecular weight excluding hydrogens is 164 g/mol. The van der Waals surface area contributed by atoms with Gasteiger partial charge in [0.05, 0.1) is 0 Å². The van der Waals surface area contributed by atoms with Gasteiger partial charge in [-0.1, -0.05) is 12.0 Å². The van der Waals surface area contributed by atoms with E-state index in [1.807, 2.05) is 6.08 Å². The Morgan fingerprint density at radius 3 is 2.92 bits per heavy atom. The van der Waals surface area contributed by atoms with Gasteiger partial charge in [0.2, 0.25) is 0 Å². The average molecular weight is 182 g/mol. The second-order valence-corrected chi connectivity index (χ2v) is 2.74. The van der Waals surface area contributed by atoms with Gasteiger partial charge in [-0.15, -0.1) is 12.5 Å². The van der Waals surface area contributed by atoms with Crippen molar-refractivity contribution in [3.8, 4) is 11.8 Å². The zero-order valence-corrected chi connectivity index (χ0v) is 8.25. The summed E-state index contributed by atoms with van der Waals surface area (Å²) < 4.78 is 5.15. The molecule has 0 amide bonds. The van der Waals surface area contributed by atoms with E-state index in [2.05, 4.69) is 18.4 Å². The number of rotatable bonds is 6. The van der Waals surface area contributed by atoms with E-state index in [4.69, 9.17) is 9.84 Å². The molecule has 1 N–H and O–H groups in total. The van der Waals surface area contributed by atoms with Crippen LogP contribution in [0.4, 0.5) is 0 Å². The van der Waals surface area contributed by atoms with Crippen LogP contribution in [-0.2, 0) is 4.74 Å². The highest BCUT2D eigenvalue weighted by molar-refractivity contribution is 5.05. The maximum absolute atomic E-state index is 8.52. The van der Waals surface area contributed by atoms with Crippen LogP contribution < -0.4 is 0 Å². The summed E-state index contributed by atoms with van der Waals surface area (Å²) in [7, 11) is 1.66. The van der Waals surface area contributed by atoms with Crippen LogP contribution in [0.25, 0.3) is 0 Å². The zero-order chi connectivity index (χ0) is 9.94. The molecule has 0 aliphatic rings. The number of ether oxygens (including phenoxy) is 1. The van der Waals surface area contributed by atoms with Crippen molar-refractivity contribution < 1.29 is 9.84 Å². The number of hydrogen-bond acceptors (Lipinski definition) is 2. The highest BCUT2D eigenvalue weighted by atomic mass is 16.5. The van der Waals surface area contributed by atoms with Gasteiger partial charge in [0, 0.05) is 20.1 Å². The van der Waals surface area contributed by atoms with Crippen LogP contribution in [0, 0.1) is 11.8 Å². The van der Waals surface area contributed by atoms with Crippen LogP contribution in [0.3, 0.4) is 0 Å². The Kier molecular flexibility index (Phi) is 8.75. The molecule has 0 spiro atoms. The molecule has 0 heterocycles. The number of unbranched alkanes of at least 4 members (excludes halogenated alkanes) is 1. The molecule has 1 unspecified atom stereocenters. The molecule has 74 valence electrons. The predicted molar refractivity (Wildman–Crippen MR) is 54.3 cm³/mol. The molecule has 0 aromatic heterocycles. The topological polar surface area (TPSA) is 29.5 Å². The van der Waals surface area contributed by atoms with E-state index < -0.39 is 0 Å². The van der Waals surface area contributed by atoms with E-state index in [1.54, 1.807) is 7.11 Å². The minimum Gasteiger partial charge on any atom is -0.396 e. The first-order valence-corrected chi connectivity index (χ1v) is 4.58. The Morgan fingerprint density at radius 1 is 1.62 bits per heavy atom. The van der Waals surface area contributed by atoms with Crippen molar-refractivity contribution in [1.82, 2.24) is 0 Å². The van der Waals surface area contributed by atoms with Gasteiger partial charge in [0.1, 0.15) is 6.10 Å². The summed E-state index contributed by atoms with van der Waals surface area (Å²) in [5.41, 5.74) is 0. The molecule has 0 aromatic carbocycles. The third-order valence-corrected chi connectivity index (χ3v) is 1.64. The Bertz CT molecular complexity index is 176. The first kappa shape index (κ1) is 12.2. The van der Waals surface area contributed by atoms with Crippen LogP contribution in [0.1, 0.15) is 25.7 Å². The Balaban J connectivity index is 3.65. The summed E-state index contributed by atoms with van der Waals surface area (Å²) in [6.45, 7) is 3.85. The van der Waals surface area contributed by atoms with Gasteiger partial charge in [-0.05, 0) is 19.3 Å². The van der Waals surface area contributed by atoms with Gasteiger partial charge < -0.3 is 9.84 Å². The lowest BCUT2D eigenvalue weighted by Gasteiger charge is -2.05. The van der Waals surface area contributed by atoms with Crippen LogP contribution in [0.2, 0.25) is 0 Å². The van der Waals surface area contributed by atoms with E-state index >= 15 is 0 Å². The summed E-state index contributed by atoms with van der Waals surface area (Å²) in [5, 5.41) is 8.52. The van der Waals surface area contributed by atoms with Crippen molar-refractivity contribution >= 4 is 0 Å². The molecule has 2 nitrogen and oxygen atoms in total. The van der Waals surface area contributed by atoms with Crippen LogP contribution in [0.5, 0.6) is 0 Å². The molecule has 0 saturated carbocycles. The summed E-state index contributed by atoms with van der Waals surface area (Å²) in [4.78, 5) is 0. The normalized spacial score (nSPS) is 11.5. The molecule has 0 saturated heterocycles. The van der Waals surface area contributed by atoms with Gasteiger partial charge in [-0.25, -0.2) is 0 Å². The predicted octanol–water partition coefficient (Wildman–Crippen LogP) is 1.74. The third-order valence-electron chi connectivity index (χ3n) is 1.64. The highest BCUT2D eigenvalue weighted by Gasteiger charge is 1.99. The second-order valence-electron chi connectivity index (χ2n) is 2.74. The minimum absolute atomic E-state index is 0.0108. The van der Waals surface area contributed by atoms with Gasteiger partial charge in [-0.2, -0.15) is 0 Å². The number of allylic oxidation sites excluding steroid dienone is 1. The smallest absolute Gasteiger partial charge is 0.118 e. The summed E-state index contributed by atoms with van der Waals surface area (Å²) in [6, 6.07) is 0. The van der Waals surface area contributed by atoms with Gasteiger partial charge in [-0.3, -0.25) is 0 Å². The Morgan fingerprint density at radius 2 is 2.38 bits per heavy atom. The number of aliphatic hydroxyl groups excluding tert-OH is 1. The van der Waals surface area contributed by atoms with E-state index in [0.29, 0.717) is 0 Å². The SMILES string of the molecule is C=CCCC(C#CCCCO)OC. The molecule has 2 heteroatoms. The average Bonchev–Trinajstić information content (AvgIpc) is 2.17. The lowest BCUT2D eigenvalue weighted by Crippen LogP contribution is -2.06. The standard InChI is InChI=1S/C11H18O2/c1-3-4-8-11(13-2)9-6-5-7-10-12/h3,11-12H,1,4-5,7-8,10H2,2H3. The molecular formula is C11H18O2. The lowest BCUT2D eigenvalue weighted by atomic mass is 10.2. The first-order chi connectivity index (χ1) is 6.35. The van der Waals surface area contributed by atoms with E-state index in [-0.39, 0.29) is 12.7 Å².